The van der Waals surface area contributed by atoms with E-state index in [-0.39, 0.29) is 23.4 Å². The van der Waals surface area contributed by atoms with Crippen LogP contribution in [-0.4, -0.2) is 37.9 Å². The lowest BCUT2D eigenvalue weighted by Gasteiger charge is -2.20. The first kappa shape index (κ1) is 12.3. The third-order valence-corrected chi connectivity index (χ3v) is 3.24. The molecule has 2 heterocycles. The molecular weight excluding hydrogens is 264 g/mol. The fourth-order valence-corrected chi connectivity index (χ4v) is 2.28. The minimum absolute atomic E-state index is 0.0287. The van der Waals surface area contributed by atoms with Gasteiger partial charge >= 0.3 is 5.97 Å². The van der Waals surface area contributed by atoms with E-state index in [1.165, 1.54) is 10.7 Å². The number of carboxylic acids is 1. The van der Waals surface area contributed by atoms with Crippen LogP contribution in [0.3, 0.4) is 0 Å². The standard InChI is InChI=1S/C12H10N4O4/c17-9-5-4-8(11(18)13-9)16-7-3-1-2-6(12(19)20)10(7)14-15-16/h1-3,8H,4-5H2,(H,19,20)(H,13,17,18). The van der Waals surface area contributed by atoms with Crippen LogP contribution in [0.4, 0.5) is 0 Å². The number of carboxylic acid groups (broad SMARTS) is 1. The van der Waals surface area contributed by atoms with Crippen molar-refractivity contribution in [2.75, 3.05) is 0 Å². The van der Waals surface area contributed by atoms with Gasteiger partial charge < -0.3 is 5.11 Å². The van der Waals surface area contributed by atoms with Crippen LogP contribution in [-0.2, 0) is 9.59 Å². The molecule has 8 nitrogen and oxygen atoms in total. The van der Waals surface area contributed by atoms with Gasteiger partial charge in [0.15, 0.2) is 0 Å². The number of piperidine rings is 1. The molecule has 1 aliphatic heterocycles. The van der Waals surface area contributed by atoms with Gasteiger partial charge in [0.25, 0.3) is 5.91 Å². The Bertz CT molecular complexity index is 736. The molecule has 1 fully saturated rings. The molecule has 0 radical (unpaired) electrons. The number of aromatic carboxylic acids is 1. The molecule has 3 rings (SSSR count). The summed E-state index contributed by atoms with van der Waals surface area (Å²) < 4.78 is 1.36. The van der Waals surface area contributed by atoms with E-state index in [0.29, 0.717) is 11.9 Å². The summed E-state index contributed by atoms with van der Waals surface area (Å²) in [5.74, 6) is -1.87. The molecule has 0 bridgehead atoms. The summed E-state index contributed by atoms with van der Waals surface area (Å²) in [5.41, 5.74) is 0.713. The predicted molar refractivity (Wildman–Crippen MR) is 65.9 cm³/mol. The number of hydrogen-bond acceptors (Lipinski definition) is 5. The zero-order chi connectivity index (χ0) is 14.3. The fourth-order valence-electron chi connectivity index (χ4n) is 2.28. The molecule has 2 N–H and O–H groups in total. The molecule has 1 atom stereocenters. The molecule has 20 heavy (non-hydrogen) atoms. The maximum absolute atomic E-state index is 11.8. The number of nitrogens with one attached hydrogen (secondary N) is 1. The Morgan fingerprint density at radius 1 is 1.40 bits per heavy atom. The average Bonchev–Trinajstić information content (AvgIpc) is 2.82. The topological polar surface area (TPSA) is 114 Å². The smallest absolute Gasteiger partial charge is 0.338 e. The molecule has 2 aromatic rings. The molecule has 102 valence electrons. The number of benzene rings is 1. The van der Waals surface area contributed by atoms with Crippen LogP contribution < -0.4 is 5.32 Å². The lowest BCUT2D eigenvalue weighted by atomic mass is 10.1. The Balaban J connectivity index is 2.09. The number of carbonyl (C=O) groups is 3. The maximum atomic E-state index is 11.8. The van der Waals surface area contributed by atoms with E-state index >= 15 is 0 Å². The van der Waals surface area contributed by atoms with Crippen LogP contribution in [0.5, 0.6) is 0 Å². The highest BCUT2D eigenvalue weighted by atomic mass is 16.4. The van der Waals surface area contributed by atoms with Crippen LogP contribution >= 0.6 is 0 Å². The molecule has 8 heteroatoms. The van der Waals surface area contributed by atoms with Gasteiger partial charge in [0.1, 0.15) is 11.6 Å². The van der Waals surface area contributed by atoms with Crippen molar-refractivity contribution in [3.8, 4) is 0 Å². The maximum Gasteiger partial charge on any atom is 0.338 e. The molecule has 0 aliphatic carbocycles. The Morgan fingerprint density at radius 3 is 2.90 bits per heavy atom. The van der Waals surface area contributed by atoms with Gasteiger partial charge in [0.05, 0.1) is 11.1 Å². The number of nitrogens with zero attached hydrogens (tertiary/aromatic N) is 3. The van der Waals surface area contributed by atoms with Crippen LogP contribution in [0.2, 0.25) is 0 Å². The number of amides is 2. The SMILES string of the molecule is O=C1CCC(n2nnc3c(C(=O)O)cccc32)C(=O)N1. The molecular formula is C12H10N4O4. The minimum atomic E-state index is -1.11. The molecule has 0 spiro atoms. The monoisotopic (exact) mass is 274 g/mol. The normalized spacial score (nSPS) is 19.1. The Labute approximate surface area is 112 Å². The first-order valence-corrected chi connectivity index (χ1v) is 5.99. The molecule has 1 unspecified atom stereocenters. The van der Waals surface area contributed by atoms with E-state index in [9.17, 15) is 14.4 Å². The first-order chi connectivity index (χ1) is 9.58. The van der Waals surface area contributed by atoms with E-state index in [1.807, 2.05) is 0 Å². The third kappa shape index (κ3) is 1.81. The lowest BCUT2D eigenvalue weighted by molar-refractivity contribution is -0.135. The highest BCUT2D eigenvalue weighted by Crippen LogP contribution is 2.24. The van der Waals surface area contributed by atoms with E-state index in [4.69, 9.17) is 5.11 Å². The zero-order valence-corrected chi connectivity index (χ0v) is 10.2. The van der Waals surface area contributed by atoms with Crippen LogP contribution in [0, 0.1) is 0 Å². The van der Waals surface area contributed by atoms with Crippen molar-refractivity contribution < 1.29 is 19.5 Å². The third-order valence-electron chi connectivity index (χ3n) is 3.24. The largest absolute Gasteiger partial charge is 0.478 e. The number of imide groups is 1. The minimum Gasteiger partial charge on any atom is -0.478 e. The van der Waals surface area contributed by atoms with Gasteiger partial charge in [0.2, 0.25) is 5.91 Å². The van der Waals surface area contributed by atoms with E-state index < -0.39 is 17.9 Å². The predicted octanol–water partition coefficient (Wildman–Crippen LogP) is 0.107. The van der Waals surface area contributed by atoms with Crippen LogP contribution in [0.1, 0.15) is 29.2 Å². The summed E-state index contributed by atoms with van der Waals surface area (Å²) in [5, 5.41) is 19.0. The number of fused-ring (bicyclic) bond motifs is 1. The van der Waals surface area contributed by atoms with Gasteiger partial charge in [-0.2, -0.15) is 0 Å². The molecule has 0 saturated carbocycles. The summed E-state index contributed by atoms with van der Waals surface area (Å²) in [4.78, 5) is 34.1. The number of hydrogen-bond donors (Lipinski definition) is 2. The van der Waals surface area contributed by atoms with Crippen molar-refractivity contribution in [1.82, 2.24) is 20.3 Å². The molecule has 2 amide bonds. The fraction of sp³-hybridized carbons (Fsp3) is 0.250. The number of rotatable bonds is 2. The van der Waals surface area contributed by atoms with E-state index in [0.717, 1.165) is 0 Å². The highest BCUT2D eigenvalue weighted by molar-refractivity contribution is 6.02. The van der Waals surface area contributed by atoms with Gasteiger partial charge in [0, 0.05) is 6.42 Å². The average molecular weight is 274 g/mol. The summed E-state index contributed by atoms with van der Waals surface area (Å²) in [6.07, 6.45) is 0.538. The second kappa shape index (κ2) is 4.41. The van der Waals surface area contributed by atoms with Crippen molar-refractivity contribution in [2.45, 2.75) is 18.9 Å². The quantitative estimate of drug-likeness (QED) is 0.751. The van der Waals surface area contributed by atoms with Gasteiger partial charge in [-0.15, -0.1) is 5.10 Å². The first-order valence-electron chi connectivity index (χ1n) is 5.99. The van der Waals surface area contributed by atoms with Crippen LogP contribution in [0.15, 0.2) is 18.2 Å². The van der Waals surface area contributed by atoms with Crippen molar-refractivity contribution in [1.29, 1.82) is 0 Å². The Morgan fingerprint density at radius 2 is 2.20 bits per heavy atom. The lowest BCUT2D eigenvalue weighted by Crippen LogP contribution is -2.42. The zero-order valence-electron chi connectivity index (χ0n) is 10.2. The summed E-state index contributed by atoms with van der Waals surface area (Å²) in [7, 11) is 0. The Hall–Kier alpha value is -2.77. The molecule has 1 aromatic carbocycles. The summed E-state index contributed by atoms with van der Waals surface area (Å²) >= 11 is 0. The molecule has 1 aromatic heterocycles. The summed E-state index contributed by atoms with van der Waals surface area (Å²) in [6, 6.07) is 3.98. The van der Waals surface area contributed by atoms with Crippen LogP contribution in [0.25, 0.3) is 11.0 Å². The van der Waals surface area contributed by atoms with Crippen molar-refractivity contribution >= 4 is 28.8 Å². The number of carbonyl (C=O) groups excluding carboxylic acids is 2. The van der Waals surface area contributed by atoms with Crippen molar-refractivity contribution in [3.63, 3.8) is 0 Å². The number of aromatic nitrogens is 3. The second-order valence-corrected chi connectivity index (χ2v) is 4.48. The summed E-state index contributed by atoms with van der Waals surface area (Å²) in [6.45, 7) is 0. The molecule has 1 aliphatic rings. The van der Waals surface area contributed by atoms with E-state index in [2.05, 4.69) is 15.6 Å². The van der Waals surface area contributed by atoms with Crippen molar-refractivity contribution in [3.05, 3.63) is 23.8 Å². The second-order valence-electron chi connectivity index (χ2n) is 4.48. The van der Waals surface area contributed by atoms with Gasteiger partial charge in [-0.05, 0) is 18.6 Å². The van der Waals surface area contributed by atoms with Gasteiger partial charge in [-0.3, -0.25) is 14.9 Å². The van der Waals surface area contributed by atoms with Gasteiger partial charge in [-0.1, -0.05) is 11.3 Å². The molecule has 1 saturated heterocycles. The Kier molecular flexibility index (Phi) is 2.70. The van der Waals surface area contributed by atoms with E-state index in [1.54, 1.807) is 12.1 Å². The highest BCUT2D eigenvalue weighted by Gasteiger charge is 2.30. The van der Waals surface area contributed by atoms with Gasteiger partial charge in [-0.25, -0.2) is 9.48 Å². The van der Waals surface area contributed by atoms with Crippen molar-refractivity contribution in [2.24, 2.45) is 0 Å².